The van der Waals surface area contributed by atoms with Crippen LogP contribution in [0.1, 0.15) is 85.1 Å². The second kappa shape index (κ2) is 21.0. The van der Waals surface area contributed by atoms with E-state index in [1.807, 2.05) is 30.3 Å². The van der Waals surface area contributed by atoms with Crippen molar-refractivity contribution in [3.63, 3.8) is 0 Å². The zero-order chi connectivity index (χ0) is 34.7. The van der Waals surface area contributed by atoms with Crippen LogP contribution in [0.15, 0.2) is 85.2 Å². The third-order valence-corrected chi connectivity index (χ3v) is 8.59. The number of nitrogens with zero attached hydrogens (tertiary/aromatic N) is 1. The highest BCUT2D eigenvalue weighted by molar-refractivity contribution is 5.97. The first-order valence-electron chi connectivity index (χ1n) is 17.0. The summed E-state index contributed by atoms with van der Waals surface area (Å²) in [6.45, 7) is 4.50. The van der Waals surface area contributed by atoms with Crippen molar-refractivity contribution in [3.8, 4) is 0 Å². The van der Waals surface area contributed by atoms with Gasteiger partial charge >= 0.3 is 0 Å². The minimum absolute atomic E-state index is 0.200. The van der Waals surface area contributed by atoms with Crippen LogP contribution in [0.4, 0.5) is 0 Å². The Kier molecular flexibility index (Phi) is 16.7. The molecule has 0 saturated heterocycles. The number of methoxy groups -OCH3 is 1. The molecule has 48 heavy (non-hydrogen) atoms. The number of hydrogen-bond acceptors (Lipinski definition) is 7. The molecule has 0 saturated carbocycles. The van der Waals surface area contributed by atoms with E-state index >= 15 is 0 Å². The molecule has 1 heterocycles. The van der Waals surface area contributed by atoms with Crippen molar-refractivity contribution < 1.29 is 29.3 Å². The van der Waals surface area contributed by atoms with Gasteiger partial charge in [-0.1, -0.05) is 88.1 Å². The van der Waals surface area contributed by atoms with Gasteiger partial charge in [0, 0.05) is 31.7 Å². The van der Waals surface area contributed by atoms with Crippen molar-refractivity contribution in [3.05, 3.63) is 102 Å². The Morgan fingerprint density at radius 3 is 1.92 bits per heavy atom. The third-order valence-electron chi connectivity index (χ3n) is 8.59. The van der Waals surface area contributed by atoms with Crippen molar-refractivity contribution in [1.29, 1.82) is 0 Å². The number of pyridine rings is 1. The van der Waals surface area contributed by atoms with Gasteiger partial charge in [-0.05, 0) is 61.4 Å². The summed E-state index contributed by atoms with van der Waals surface area (Å²) in [7, 11) is 1.52. The average molecular weight is 661 g/mol. The maximum atomic E-state index is 14.0. The zero-order valence-electron chi connectivity index (χ0n) is 28.4. The lowest BCUT2D eigenvalue weighted by Crippen LogP contribution is -2.59. The van der Waals surface area contributed by atoms with Crippen molar-refractivity contribution >= 4 is 17.7 Å². The molecule has 10 nitrogen and oxygen atoms in total. The molecule has 3 rings (SSSR count). The minimum Gasteiger partial charge on any atom is -0.388 e. The number of aliphatic hydroxyl groups excluding tert-OH is 2. The second-order valence-electron chi connectivity index (χ2n) is 12.3. The molecule has 0 aliphatic rings. The van der Waals surface area contributed by atoms with Crippen LogP contribution in [0.3, 0.4) is 0 Å². The fourth-order valence-corrected chi connectivity index (χ4v) is 5.96. The number of carbonyl (C=O) groups is 3. The predicted molar refractivity (Wildman–Crippen MR) is 186 cm³/mol. The Labute approximate surface area is 284 Å². The van der Waals surface area contributed by atoms with E-state index in [-0.39, 0.29) is 19.4 Å². The maximum Gasteiger partial charge on any atom is 0.253 e. The first kappa shape index (κ1) is 38.3. The normalized spacial score (nSPS) is 14.4. The van der Waals surface area contributed by atoms with Crippen LogP contribution in [0.25, 0.3) is 0 Å². The smallest absolute Gasteiger partial charge is 0.253 e. The van der Waals surface area contributed by atoms with Crippen LogP contribution < -0.4 is 16.0 Å². The Hall–Kier alpha value is -4.12. The summed E-state index contributed by atoms with van der Waals surface area (Å²) in [5.74, 6) is -0.881. The molecule has 0 aliphatic carbocycles. The van der Waals surface area contributed by atoms with E-state index in [4.69, 9.17) is 4.74 Å². The number of benzene rings is 2. The van der Waals surface area contributed by atoms with Gasteiger partial charge in [0.25, 0.3) is 11.8 Å². The summed E-state index contributed by atoms with van der Waals surface area (Å²) in [5.41, 5.74) is 1.57. The summed E-state index contributed by atoms with van der Waals surface area (Å²) < 4.78 is 5.24. The van der Waals surface area contributed by atoms with Gasteiger partial charge < -0.3 is 30.9 Å². The fraction of sp³-hybridized carbons (Fsp3) is 0.474. The van der Waals surface area contributed by atoms with Crippen molar-refractivity contribution in [2.75, 3.05) is 13.7 Å². The van der Waals surface area contributed by atoms with Gasteiger partial charge in [-0.15, -0.1) is 0 Å². The molecule has 10 heteroatoms. The highest BCUT2D eigenvalue weighted by Gasteiger charge is 2.35. The van der Waals surface area contributed by atoms with Gasteiger partial charge in [-0.2, -0.15) is 0 Å². The molecule has 260 valence electrons. The Balaban J connectivity index is 1.87. The molecule has 1 aromatic heterocycles. The molecular weight excluding hydrogens is 608 g/mol. The summed E-state index contributed by atoms with van der Waals surface area (Å²) in [6, 6.07) is 18.5. The highest BCUT2D eigenvalue weighted by atomic mass is 16.5. The predicted octanol–water partition coefficient (Wildman–Crippen LogP) is 4.46. The number of aliphatic hydroxyl groups is 2. The molecule has 5 N–H and O–H groups in total. The van der Waals surface area contributed by atoms with E-state index in [0.717, 1.165) is 37.7 Å². The Bertz CT molecular complexity index is 1360. The number of carbonyl (C=O) groups excluding carboxylic acids is 3. The van der Waals surface area contributed by atoms with Crippen molar-refractivity contribution in [2.45, 2.75) is 95.5 Å². The lowest BCUT2D eigenvalue weighted by Gasteiger charge is -2.34. The van der Waals surface area contributed by atoms with E-state index in [1.54, 1.807) is 48.7 Å². The van der Waals surface area contributed by atoms with Gasteiger partial charge in [0.1, 0.15) is 18.2 Å². The van der Waals surface area contributed by atoms with Gasteiger partial charge in [0.15, 0.2) is 0 Å². The van der Waals surface area contributed by atoms with Crippen LogP contribution in [0, 0.1) is 5.92 Å². The lowest BCUT2D eigenvalue weighted by molar-refractivity contribution is -0.125. The van der Waals surface area contributed by atoms with E-state index in [0.29, 0.717) is 23.5 Å². The maximum absolute atomic E-state index is 14.0. The molecular formula is C38H52N4O6. The molecule has 5 atom stereocenters. The molecule has 3 aromatic rings. The minimum atomic E-state index is -1.48. The number of amides is 3. The van der Waals surface area contributed by atoms with Gasteiger partial charge in [-0.25, -0.2) is 0 Å². The largest absolute Gasteiger partial charge is 0.388 e. The van der Waals surface area contributed by atoms with Gasteiger partial charge in [0.05, 0.1) is 17.6 Å². The highest BCUT2D eigenvalue weighted by Crippen LogP contribution is 2.21. The van der Waals surface area contributed by atoms with E-state index < -0.39 is 48.1 Å². The lowest BCUT2D eigenvalue weighted by atomic mass is 9.90. The first-order chi connectivity index (χ1) is 23.3. The SMILES string of the molecule is CCCC(CCC)CC[C@@H](NC(=O)c1cccnc1)C(=O)N[C@@H](Cc1ccccc1)[C@@H](O)[C@H](O)[C@@H](CCOC)NC(=O)c1ccccc1. The standard InChI is InChI=1S/C38H52N4O6/c1-4-13-27(14-5-2)20-21-32(41-37(46)30-19-12-23-39-26-30)38(47)42-33(25-28-15-8-6-9-16-28)35(44)34(43)31(22-24-48-3)40-36(45)29-17-10-7-11-18-29/h6-12,15-19,23,26-27,31-35,43-44H,4-5,13-14,20-22,24-25H2,1-3H3,(H,40,45)(H,41,46)(H,42,47)/t31-,32-,33+,34-,35-/m1/s1. The van der Waals surface area contributed by atoms with Crippen LogP contribution in [0.5, 0.6) is 0 Å². The summed E-state index contributed by atoms with van der Waals surface area (Å²) in [4.78, 5) is 44.3. The average Bonchev–Trinajstić information content (AvgIpc) is 3.11. The summed E-state index contributed by atoms with van der Waals surface area (Å²) >= 11 is 0. The van der Waals surface area contributed by atoms with Gasteiger partial charge in [0.2, 0.25) is 5.91 Å². The van der Waals surface area contributed by atoms with E-state index in [2.05, 4.69) is 34.8 Å². The molecule has 0 aliphatic heterocycles. The third kappa shape index (κ3) is 12.5. The monoisotopic (exact) mass is 660 g/mol. The Morgan fingerprint density at radius 1 is 0.708 bits per heavy atom. The molecule has 0 bridgehead atoms. The van der Waals surface area contributed by atoms with E-state index in [1.165, 1.54) is 13.3 Å². The number of nitrogens with one attached hydrogen (secondary N) is 3. The fourth-order valence-electron chi connectivity index (χ4n) is 5.96. The molecule has 0 spiro atoms. The number of ether oxygens (including phenoxy) is 1. The second-order valence-corrected chi connectivity index (χ2v) is 12.3. The first-order valence-corrected chi connectivity index (χ1v) is 17.0. The van der Waals surface area contributed by atoms with Crippen LogP contribution >= 0.6 is 0 Å². The van der Waals surface area contributed by atoms with Crippen LogP contribution in [0.2, 0.25) is 0 Å². The van der Waals surface area contributed by atoms with Crippen molar-refractivity contribution in [2.24, 2.45) is 5.92 Å². The molecule has 0 unspecified atom stereocenters. The van der Waals surface area contributed by atoms with Crippen molar-refractivity contribution in [1.82, 2.24) is 20.9 Å². The molecule has 2 aromatic carbocycles. The topological polar surface area (TPSA) is 150 Å². The number of hydrogen-bond donors (Lipinski definition) is 5. The number of aromatic nitrogens is 1. The molecule has 0 fully saturated rings. The summed E-state index contributed by atoms with van der Waals surface area (Å²) in [6.07, 6.45) is 5.76. The number of rotatable bonds is 21. The quantitative estimate of drug-likeness (QED) is 0.113. The molecule has 0 radical (unpaired) electrons. The van der Waals surface area contributed by atoms with Crippen LogP contribution in [-0.2, 0) is 16.0 Å². The van der Waals surface area contributed by atoms with Crippen LogP contribution in [-0.4, -0.2) is 77.0 Å². The zero-order valence-corrected chi connectivity index (χ0v) is 28.4. The Morgan fingerprint density at radius 2 is 1.31 bits per heavy atom. The molecule has 3 amide bonds. The summed E-state index contributed by atoms with van der Waals surface area (Å²) in [5, 5.41) is 31.9. The van der Waals surface area contributed by atoms with Gasteiger partial charge in [-0.3, -0.25) is 19.4 Å². The van der Waals surface area contributed by atoms with E-state index in [9.17, 15) is 24.6 Å².